The zero-order valence-electron chi connectivity index (χ0n) is 21.5. The van der Waals surface area contributed by atoms with Crippen molar-refractivity contribution in [1.29, 1.82) is 0 Å². The Kier molecular flexibility index (Phi) is 8.23. The molecular weight excluding hydrogens is 473 g/mol. The number of nitrogens with one attached hydrogen (secondary N) is 3. The monoisotopic (exact) mass is 507 g/mol. The molecule has 3 aromatic rings. The Balaban J connectivity index is 0.00000156. The Morgan fingerprint density at radius 2 is 1.89 bits per heavy atom. The van der Waals surface area contributed by atoms with E-state index in [2.05, 4.69) is 44.5 Å². The van der Waals surface area contributed by atoms with Gasteiger partial charge < -0.3 is 25.3 Å². The number of amides is 1. The number of aromatic nitrogens is 1. The molecule has 5 rings (SSSR count). The van der Waals surface area contributed by atoms with Crippen LogP contribution in [0.25, 0.3) is 10.9 Å². The van der Waals surface area contributed by atoms with Gasteiger partial charge in [-0.15, -0.1) is 0 Å². The van der Waals surface area contributed by atoms with Gasteiger partial charge in [0.05, 0.1) is 16.8 Å². The molecule has 0 bridgehead atoms. The summed E-state index contributed by atoms with van der Waals surface area (Å²) >= 11 is 0. The van der Waals surface area contributed by atoms with Crippen LogP contribution in [0.4, 0.5) is 15.8 Å². The lowest BCUT2D eigenvalue weighted by molar-refractivity contribution is -0.0980. The molecule has 1 saturated heterocycles. The van der Waals surface area contributed by atoms with E-state index in [9.17, 15) is 14.0 Å². The number of benzene rings is 2. The lowest BCUT2D eigenvalue weighted by atomic mass is 9.97. The number of halogens is 1. The SMILES string of the molecule is C=O.CCNC(=O)c1ccc(N2CCN(Cc3cc(C)c4c5c(c(=O)[nH]c4c3)CCCN5)CC2)cc1F. The molecule has 1 amide bonds. The minimum Gasteiger partial charge on any atom is -0.384 e. The van der Waals surface area contributed by atoms with E-state index in [0.717, 1.165) is 80.0 Å². The molecule has 1 aromatic heterocycles. The highest BCUT2D eigenvalue weighted by Crippen LogP contribution is 2.31. The second-order valence-electron chi connectivity index (χ2n) is 9.46. The highest BCUT2D eigenvalue weighted by molar-refractivity contribution is 5.96. The summed E-state index contributed by atoms with van der Waals surface area (Å²) in [6.07, 6.45) is 1.80. The van der Waals surface area contributed by atoms with Crippen LogP contribution in [0.5, 0.6) is 0 Å². The van der Waals surface area contributed by atoms with Crippen molar-refractivity contribution >= 4 is 35.0 Å². The summed E-state index contributed by atoms with van der Waals surface area (Å²) in [6, 6.07) is 9.16. The average molecular weight is 508 g/mol. The fourth-order valence-corrected chi connectivity index (χ4v) is 5.32. The van der Waals surface area contributed by atoms with E-state index in [4.69, 9.17) is 4.79 Å². The van der Waals surface area contributed by atoms with Crippen molar-refractivity contribution in [1.82, 2.24) is 15.2 Å². The quantitative estimate of drug-likeness (QED) is 0.491. The van der Waals surface area contributed by atoms with E-state index >= 15 is 0 Å². The van der Waals surface area contributed by atoms with Crippen molar-refractivity contribution in [3.8, 4) is 0 Å². The van der Waals surface area contributed by atoms with Crippen LogP contribution in [0.1, 0.15) is 40.4 Å². The van der Waals surface area contributed by atoms with Crippen molar-refractivity contribution in [3.63, 3.8) is 0 Å². The predicted octanol–water partition coefficient (Wildman–Crippen LogP) is 3.22. The lowest BCUT2D eigenvalue weighted by Gasteiger charge is -2.36. The van der Waals surface area contributed by atoms with E-state index in [0.29, 0.717) is 6.54 Å². The first kappa shape index (κ1) is 26.3. The molecule has 9 heteroatoms. The average Bonchev–Trinajstić information content (AvgIpc) is 2.90. The second kappa shape index (κ2) is 11.6. The number of aromatic amines is 1. The van der Waals surface area contributed by atoms with Gasteiger partial charge in [-0.1, -0.05) is 6.07 Å². The van der Waals surface area contributed by atoms with Gasteiger partial charge in [-0.05, 0) is 62.1 Å². The van der Waals surface area contributed by atoms with Crippen LogP contribution in [0, 0.1) is 12.7 Å². The van der Waals surface area contributed by atoms with Gasteiger partial charge in [0.25, 0.3) is 11.5 Å². The number of H-pyrrole nitrogens is 1. The summed E-state index contributed by atoms with van der Waals surface area (Å²) in [6.45, 7) is 11.3. The molecule has 3 heterocycles. The van der Waals surface area contributed by atoms with E-state index in [-0.39, 0.29) is 17.0 Å². The van der Waals surface area contributed by atoms with Gasteiger partial charge in [0.15, 0.2) is 0 Å². The number of aryl methyl sites for hydroxylation is 1. The lowest BCUT2D eigenvalue weighted by Crippen LogP contribution is -2.46. The summed E-state index contributed by atoms with van der Waals surface area (Å²) in [4.78, 5) is 40.2. The van der Waals surface area contributed by atoms with Crippen molar-refractivity contribution in [2.24, 2.45) is 0 Å². The van der Waals surface area contributed by atoms with Crippen LogP contribution < -0.4 is 21.1 Å². The normalized spacial score (nSPS) is 15.4. The number of carbonyl (C=O) groups excluding carboxylic acids is 2. The fraction of sp³-hybridized carbons (Fsp3) is 0.393. The summed E-state index contributed by atoms with van der Waals surface area (Å²) in [7, 11) is 0. The molecular formula is C28H34FN5O3. The highest BCUT2D eigenvalue weighted by atomic mass is 19.1. The second-order valence-corrected chi connectivity index (χ2v) is 9.46. The maximum atomic E-state index is 14.5. The van der Waals surface area contributed by atoms with Gasteiger partial charge in [-0.25, -0.2) is 4.39 Å². The summed E-state index contributed by atoms with van der Waals surface area (Å²) in [5.41, 5.74) is 5.98. The third kappa shape index (κ3) is 5.51. The molecule has 3 N–H and O–H groups in total. The Morgan fingerprint density at radius 3 is 2.59 bits per heavy atom. The fourth-order valence-electron chi connectivity index (χ4n) is 5.32. The standard InChI is InChI=1S/C27H32FN5O2.CH2O/c1-3-29-26(34)20-7-6-19(15-22(20)28)33-11-9-32(10-12-33)16-18-13-17(2)24-23(14-18)31-27(35)21-5-4-8-30-25(21)24;1-2/h6-7,13-15,30H,3-5,8-12,16H2,1-2H3,(H,29,34)(H,31,35);1H2. The zero-order chi connectivity index (χ0) is 26.5. The van der Waals surface area contributed by atoms with Crippen LogP contribution in [0.2, 0.25) is 0 Å². The summed E-state index contributed by atoms with van der Waals surface area (Å²) in [5, 5.41) is 7.20. The number of anilines is 2. The highest BCUT2D eigenvalue weighted by Gasteiger charge is 2.21. The van der Waals surface area contributed by atoms with Crippen LogP contribution >= 0.6 is 0 Å². The zero-order valence-corrected chi connectivity index (χ0v) is 21.5. The molecule has 0 aliphatic carbocycles. The minimum atomic E-state index is -0.492. The number of hydrogen-bond donors (Lipinski definition) is 3. The van der Waals surface area contributed by atoms with Gasteiger partial charge in [-0.3, -0.25) is 14.5 Å². The predicted molar refractivity (Wildman–Crippen MR) is 145 cm³/mol. The van der Waals surface area contributed by atoms with Crippen molar-refractivity contribution < 1.29 is 14.0 Å². The topological polar surface area (TPSA) is 97.5 Å². The van der Waals surface area contributed by atoms with E-state index in [1.807, 2.05) is 19.8 Å². The number of piperazine rings is 1. The van der Waals surface area contributed by atoms with E-state index < -0.39 is 5.82 Å². The molecule has 0 atom stereocenters. The largest absolute Gasteiger partial charge is 0.384 e. The molecule has 2 aromatic carbocycles. The maximum Gasteiger partial charge on any atom is 0.254 e. The van der Waals surface area contributed by atoms with E-state index in [1.165, 1.54) is 17.2 Å². The number of fused-ring (bicyclic) bond motifs is 3. The number of rotatable bonds is 5. The molecule has 196 valence electrons. The van der Waals surface area contributed by atoms with E-state index in [1.54, 1.807) is 6.07 Å². The summed E-state index contributed by atoms with van der Waals surface area (Å²) < 4.78 is 14.5. The molecule has 2 aliphatic rings. The maximum absolute atomic E-state index is 14.5. The molecule has 0 unspecified atom stereocenters. The molecule has 1 fully saturated rings. The number of hydrogen-bond acceptors (Lipinski definition) is 6. The molecule has 2 aliphatic heterocycles. The summed E-state index contributed by atoms with van der Waals surface area (Å²) in [5.74, 6) is -0.877. The first-order valence-electron chi connectivity index (χ1n) is 12.7. The molecule has 0 radical (unpaired) electrons. The van der Waals surface area contributed by atoms with Crippen LogP contribution in [-0.4, -0.2) is 61.8 Å². The van der Waals surface area contributed by atoms with Crippen LogP contribution in [-0.2, 0) is 17.8 Å². The first-order valence-corrected chi connectivity index (χ1v) is 12.7. The Bertz CT molecular complexity index is 1350. The van der Waals surface area contributed by atoms with Crippen molar-refractivity contribution in [2.75, 3.05) is 49.5 Å². The van der Waals surface area contributed by atoms with Gasteiger partial charge in [-0.2, -0.15) is 0 Å². The number of carbonyl (C=O) groups is 2. The van der Waals surface area contributed by atoms with Gasteiger partial charge in [0.2, 0.25) is 0 Å². The Labute approximate surface area is 215 Å². The Hall–Kier alpha value is -3.72. The van der Waals surface area contributed by atoms with Gasteiger partial charge >= 0.3 is 0 Å². The number of nitrogens with zero attached hydrogens (tertiary/aromatic N) is 2. The van der Waals surface area contributed by atoms with Gasteiger partial charge in [0, 0.05) is 62.5 Å². The number of pyridine rings is 1. The van der Waals surface area contributed by atoms with Crippen molar-refractivity contribution in [2.45, 2.75) is 33.2 Å². The minimum absolute atomic E-state index is 0.00953. The van der Waals surface area contributed by atoms with Crippen molar-refractivity contribution in [3.05, 3.63) is 68.8 Å². The third-order valence-electron chi connectivity index (χ3n) is 7.05. The van der Waals surface area contributed by atoms with Gasteiger partial charge in [0.1, 0.15) is 12.6 Å². The smallest absolute Gasteiger partial charge is 0.254 e. The molecule has 8 nitrogen and oxygen atoms in total. The van der Waals surface area contributed by atoms with Crippen LogP contribution in [0.15, 0.2) is 35.1 Å². The third-order valence-corrected chi connectivity index (χ3v) is 7.05. The Morgan fingerprint density at radius 1 is 1.14 bits per heavy atom. The van der Waals surface area contributed by atoms with Crippen LogP contribution in [0.3, 0.4) is 0 Å². The molecule has 0 spiro atoms. The molecule has 37 heavy (non-hydrogen) atoms. The first-order chi connectivity index (χ1) is 17.9. The molecule has 0 saturated carbocycles.